The molecule has 2 heteroatoms. The fourth-order valence-electron chi connectivity index (χ4n) is 1.39. The second-order valence-electron chi connectivity index (χ2n) is 3.45. The Morgan fingerprint density at radius 3 is 2.87 bits per heavy atom. The molecule has 0 spiro atoms. The van der Waals surface area contributed by atoms with E-state index in [0.717, 1.165) is 12.1 Å². The average molecular weight is 202 g/mol. The number of nitrogens with two attached hydrogens (primary N) is 1. The third-order valence-corrected chi connectivity index (χ3v) is 2.31. The van der Waals surface area contributed by atoms with E-state index in [-0.39, 0.29) is 6.04 Å². The van der Waals surface area contributed by atoms with Gasteiger partial charge in [-0.05, 0) is 19.4 Å². The quantitative estimate of drug-likeness (QED) is 0.431. The van der Waals surface area contributed by atoms with Crippen LogP contribution in [0.1, 0.15) is 13.3 Å². The average Bonchev–Trinajstić information content (AvgIpc) is 2.29. The Balaban J connectivity index is 2.59. The van der Waals surface area contributed by atoms with Crippen LogP contribution in [0.2, 0.25) is 0 Å². The minimum Gasteiger partial charge on any atom is -0.308 e. The zero-order chi connectivity index (χ0) is 11.1. The fraction of sp³-hybridized carbons (Fsp3) is 0.231. The molecule has 80 valence electrons. The van der Waals surface area contributed by atoms with Crippen molar-refractivity contribution in [3.05, 3.63) is 60.9 Å². The molecule has 2 N–H and O–H groups in total. The van der Waals surface area contributed by atoms with Crippen molar-refractivity contribution in [3.8, 4) is 0 Å². The number of hydrogen-bond acceptors (Lipinski definition) is 2. The van der Waals surface area contributed by atoms with Gasteiger partial charge in [0.05, 0.1) is 6.04 Å². The number of nitrogens with zero attached hydrogens (tertiary/aromatic N) is 1. The molecular formula is C13H18N2. The molecule has 1 atom stereocenters. The second-order valence-corrected chi connectivity index (χ2v) is 3.45. The van der Waals surface area contributed by atoms with Gasteiger partial charge in [0.25, 0.3) is 0 Å². The predicted octanol–water partition coefficient (Wildman–Crippen LogP) is 2.69. The van der Waals surface area contributed by atoms with Crippen molar-refractivity contribution in [2.45, 2.75) is 19.4 Å². The first kappa shape index (κ1) is 11.5. The minimum atomic E-state index is 0.267. The first-order chi connectivity index (χ1) is 7.25. The highest BCUT2D eigenvalue weighted by Crippen LogP contribution is 2.12. The van der Waals surface area contributed by atoms with Crippen LogP contribution in [0.15, 0.2) is 60.9 Å². The van der Waals surface area contributed by atoms with Crippen molar-refractivity contribution in [2.24, 2.45) is 5.84 Å². The van der Waals surface area contributed by atoms with E-state index in [0.29, 0.717) is 0 Å². The number of allylic oxidation sites excluding steroid dienone is 7. The number of hydrazine groups is 1. The van der Waals surface area contributed by atoms with Gasteiger partial charge in [-0.15, -0.1) is 0 Å². The largest absolute Gasteiger partial charge is 0.308 e. The SMILES string of the molecule is C=CC=CC=C(C)N(N)C1C=CC=CC1. The lowest BCUT2D eigenvalue weighted by molar-refractivity contribution is 0.302. The molecule has 0 heterocycles. The van der Waals surface area contributed by atoms with Gasteiger partial charge in [-0.25, -0.2) is 5.84 Å². The maximum absolute atomic E-state index is 5.99. The molecule has 0 bridgehead atoms. The van der Waals surface area contributed by atoms with Crippen LogP contribution >= 0.6 is 0 Å². The smallest absolute Gasteiger partial charge is 0.0666 e. The van der Waals surface area contributed by atoms with Gasteiger partial charge in [0.15, 0.2) is 0 Å². The van der Waals surface area contributed by atoms with Crippen LogP contribution in [0.3, 0.4) is 0 Å². The Kier molecular flexibility index (Phi) is 4.64. The van der Waals surface area contributed by atoms with Crippen molar-refractivity contribution in [3.63, 3.8) is 0 Å². The molecular weight excluding hydrogens is 184 g/mol. The first-order valence-electron chi connectivity index (χ1n) is 5.09. The van der Waals surface area contributed by atoms with Gasteiger partial charge < -0.3 is 5.01 Å². The summed E-state index contributed by atoms with van der Waals surface area (Å²) in [6, 6.07) is 0.267. The number of hydrogen-bond donors (Lipinski definition) is 1. The van der Waals surface area contributed by atoms with Crippen LogP contribution in [0.5, 0.6) is 0 Å². The monoisotopic (exact) mass is 202 g/mol. The normalized spacial score (nSPS) is 20.9. The molecule has 15 heavy (non-hydrogen) atoms. The lowest BCUT2D eigenvalue weighted by Crippen LogP contribution is -2.38. The Hall–Kier alpha value is -1.54. The highest BCUT2D eigenvalue weighted by molar-refractivity contribution is 5.18. The fourth-order valence-corrected chi connectivity index (χ4v) is 1.39. The molecule has 1 rings (SSSR count). The van der Waals surface area contributed by atoms with Crippen molar-refractivity contribution >= 4 is 0 Å². The van der Waals surface area contributed by atoms with Gasteiger partial charge >= 0.3 is 0 Å². The van der Waals surface area contributed by atoms with Gasteiger partial charge in [0.2, 0.25) is 0 Å². The molecule has 0 saturated carbocycles. The molecule has 2 nitrogen and oxygen atoms in total. The van der Waals surface area contributed by atoms with E-state index in [4.69, 9.17) is 5.84 Å². The van der Waals surface area contributed by atoms with Gasteiger partial charge in [0.1, 0.15) is 0 Å². The summed E-state index contributed by atoms with van der Waals surface area (Å²) >= 11 is 0. The van der Waals surface area contributed by atoms with Gasteiger partial charge in [-0.1, -0.05) is 49.1 Å². The molecule has 0 saturated heterocycles. The Morgan fingerprint density at radius 2 is 2.27 bits per heavy atom. The van der Waals surface area contributed by atoms with E-state index in [9.17, 15) is 0 Å². The third kappa shape index (κ3) is 3.60. The van der Waals surface area contributed by atoms with Crippen LogP contribution in [-0.4, -0.2) is 11.1 Å². The molecule has 0 aliphatic heterocycles. The van der Waals surface area contributed by atoms with Crippen LogP contribution in [0.25, 0.3) is 0 Å². The minimum absolute atomic E-state index is 0.267. The summed E-state index contributed by atoms with van der Waals surface area (Å²) in [5.74, 6) is 5.99. The molecule has 1 aliphatic rings. The Morgan fingerprint density at radius 1 is 1.47 bits per heavy atom. The van der Waals surface area contributed by atoms with Crippen LogP contribution in [0.4, 0.5) is 0 Å². The highest BCUT2D eigenvalue weighted by Gasteiger charge is 2.11. The van der Waals surface area contributed by atoms with E-state index < -0.39 is 0 Å². The molecule has 0 aromatic carbocycles. The summed E-state index contributed by atoms with van der Waals surface area (Å²) in [7, 11) is 0. The van der Waals surface area contributed by atoms with E-state index in [1.54, 1.807) is 11.1 Å². The highest BCUT2D eigenvalue weighted by atomic mass is 15.4. The standard InChI is InChI=1S/C13H18N2/c1-3-4-6-9-12(2)15(14)13-10-7-5-8-11-13/h3-10,13H,1,11,14H2,2H3. The lowest BCUT2D eigenvalue weighted by atomic mass is 10.1. The summed E-state index contributed by atoms with van der Waals surface area (Å²) in [5.41, 5.74) is 1.04. The maximum Gasteiger partial charge on any atom is 0.0666 e. The zero-order valence-electron chi connectivity index (χ0n) is 9.13. The lowest BCUT2D eigenvalue weighted by Gasteiger charge is -2.27. The van der Waals surface area contributed by atoms with Crippen molar-refractivity contribution < 1.29 is 0 Å². The van der Waals surface area contributed by atoms with Crippen LogP contribution in [-0.2, 0) is 0 Å². The summed E-state index contributed by atoms with van der Waals surface area (Å²) in [5, 5.41) is 1.79. The predicted molar refractivity (Wildman–Crippen MR) is 65.8 cm³/mol. The van der Waals surface area contributed by atoms with Crippen molar-refractivity contribution in [1.82, 2.24) is 5.01 Å². The van der Waals surface area contributed by atoms with Crippen molar-refractivity contribution in [2.75, 3.05) is 0 Å². The van der Waals surface area contributed by atoms with Crippen LogP contribution in [0, 0.1) is 0 Å². The number of rotatable bonds is 4. The van der Waals surface area contributed by atoms with E-state index in [1.165, 1.54) is 0 Å². The third-order valence-electron chi connectivity index (χ3n) is 2.31. The first-order valence-corrected chi connectivity index (χ1v) is 5.09. The molecule has 1 aliphatic carbocycles. The van der Waals surface area contributed by atoms with Crippen molar-refractivity contribution in [1.29, 1.82) is 0 Å². The molecule has 0 aromatic rings. The van der Waals surface area contributed by atoms with Gasteiger partial charge in [-0.3, -0.25) is 0 Å². The molecule has 0 radical (unpaired) electrons. The Bertz CT molecular complexity index is 321. The molecule has 0 fully saturated rings. The van der Waals surface area contributed by atoms with E-state index in [1.807, 2.05) is 37.3 Å². The molecule has 1 unspecified atom stereocenters. The molecule has 0 aromatic heterocycles. The maximum atomic E-state index is 5.99. The summed E-state index contributed by atoms with van der Waals surface area (Å²) in [4.78, 5) is 0. The van der Waals surface area contributed by atoms with Gasteiger partial charge in [-0.2, -0.15) is 0 Å². The molecule has 0 amide bonds. The zero-order valence-corrected chi connectivity index (χ0v) is 9.13. The van der Waals surface area contributed by atoms with Gasteiger partial charge in [0, 0.05) is 5.70 Å². The summed E-state index contributed by atoms with van der Waals surface area (Å²) in [6.07, 6.45) is 16.8. The van der Waals surface area contributed by atoms with E-state index in [2.05, 4.69) is 18.7 Å². The van der Waals surface area contributed by atoms with E-state index >= 15 is 0 Å². The summed E-state index contributed by atoms with van der Waals surface area (Å²) < 4.78 is 0. The Labute approximate surface area is 91.7 Å². The van der Waals surface area contributed by atoms with Crippen LogP contribution < -0.4 is 5.84 Å². The second kappa shape index (κ2) is 6.04. The summed E-state index contributed by atoms with van der Waals surface area (Å²) in [6.45, 7) is 5.61. The topological polar surface area (TPSA) is 29.3 Å².